The Labute approximate surface area is 122 Å². The van der Waals surface area contributed by atoms with Gasteiger partial charge in [-0.3, -0.25) is 14.6 Å². The van der Waals surface area contributed by atoms with Crippen molar-refractivity contribution in [3.05, 3.63) is 36.5 Å². The zero-order valence-electron chi connectivity index (χ0n) is 11.0. The smallest absolute Gasteiger partial charge is 0.247 e. The minimum Gasteiger partial charge on any atom is -0.344 e. The number of amides is 2. The number of thiol groups is 1. The maximum Gasteiger partial charge on any atom is 0.247 e. The summed E-state index contributed by atoms with van der Waals surface area (Å²) < 4.78 is 0. The normalized spacial score (nSPS) is 11.9. The summed E-state index contributed by atoms with van der Waals surface area (Å²) in [6.45, 7) is 1.37. The van der Waals surface area contributed by atoms with Crippen LogP contribution in [0.3, 0.4) is 0 Å². The Morgan fingerprint density at radius 3 is 2.85 bits per heavy atom. The van der Waals surface area contributed by atoms with Crippen molar-refractivity contribution in [3.8, 4) is 0 Å². The fraction of sp³-hybridized carbons (Fsp3) is 0.214. The predicted molar refractivity (Wildman–Crippen MR) is 81.8 cm³/mol. The molecule has 5 nitrogen and oxygen atoms in total. The number of nitrogens with zero attached hydrogens (tertiary/aromatic N) is 1. The average Bonchev–Trinajstić information content (AvgIpc) is 2.44. The van der Waals surface area contributed by atoms with E-state index >= 15 is 0 Å². The molecule has 1 aromatic heterocycles. The van der Waals surface area contributed by atoms with Crippen molar-refractivity contribution in [2.24, 2.45) is 0 Å². The van der Waals surface area contributed by atoms with Gasteiger partial charge in [0.25, 0.3) is 0 Å². The van der Waals surface area contributed by atoms with Crippen LogP contribution in [0.4, 0.5) is 5.69 Å². The number of benzene rings is 1. The molecule has 1 atom stereocenters. The fourth-order valence-electron chi connectivity index (χ4n) is 1.82. The molecule has 2 aromatic rings. The van der Waals surface area contributed by atoms with Gasteiger partial charge < -0.3 is 10.6 Å². The Hall–Kier alpha value is -2.08. The van der Waals surface area contributed by atoms with E-state index in [2.05, 4.69) is 28.2 Å². The quantitative estimate of drug-likeness (QED) is 0.749. The average molecular weight is 289 g/mol. The predicted octanol–water partition coefficient (Wildman–Crippen LogP) is 1.61. The van der Waals surface area contributed by atoms with Crippen molar-refractivity contribution in [3.63, 3.8) is 0 Å². The first-order chi connectivity index (χ1) is 9.60. The van der Waals surface area contributed by atoms with Gasteiger partial charge >= 0.3 is 0 Å². The second kappa shape index (κ2) is 6.38. The number of carbonyl (C=O) groups excluding carboxylic acids is 2. The van der Waals surface area contributed by atoms with E-state index in [1.807, 2.05) is 24.3 Å². The molecule has 0 aliphatic heterocycles. The van der Waals surface area contributed by atoms with E-state index in [1.165, 1.54) is 6.92 Å². The van der Waals surface area contributed by atoms with Crippen molar-refractivity contribution < 1.29 is 9.59 Å². The summed E-state index contributed by atoms with van der Waals surface area (Å²) in [6, 6.07) is 8.54. The van der Waals surface area contributed by atoms with Gasteiger partial charge in [0.05, 0.1) is 5.52 Å². The lowest BCUT2D eigenvalue weighted by Gasteiger charge is -2.15. The summed E-state index contributed by atoms with van der Waals surface area (Å²) in [7, 11) is 0. The highest BCUT2D eigenvalue weighted by atomic mass is 32.1. The second-order valence-corrected chi connectivity index (χ2v) is 4.70. The molecular weight excluding hydrogens is 274 g/mol. The van der Waals surface area contributed by atoms with Crippen LogP contribution in [-0.4, -0.2) is 28.6 Å². The molecule has 0 radical (unpaired) electrons. The third-order valence-electron chi connectivity index (χ3n) is 2.75. The lowest BCUT2D eigenvalue weighted by atomic mass is 10.2. The Kier molecular flexibility index (Phi) is 4.57. The Morgan fingerprint density at radius 1 is 1.35 bits per heavy atom. The SMILES string of the molecule is CC(=O)NC(CS)C(=O)Nc1ccc2ncccc2c1. The minimum absolute atomic E-state index is 0.237. The molecule has 0 aliphatic carbocycles. The number of hydrogen-bond acceptors (Lipinski definition) is 4. The zero-order valence-corrected chi connectivity index (χ0v) is 11.9. The van der Waals surface area contributed by atoms with Crippen molar-refractivity contribution >= 4 is 41.0 Å². The Bertz CT molecular complexity index is 645. The number of anilines is 1. The van der Waals surface area contributed by atoms with Crippen LogP contribution in [0.25, 0.3) is 10.9 Å². The molecule has 0 saturated heterocycles. The summed E-state index contributed by atoms with van der Waals surface area (Å²) in [6.07, 6.45) is 1.72. The first kappa shape index (κ1) is 14.3. The summed E-state index contributed by atoms with van der Waals surface area (Å²) >= 11 is 4.07. The highest BCUT2D eigenvalue weighted by Gasteiger charge is 2.17. The number of rotatable bonds is 4. The molecule has 1 aromatic carbocycles. The molecule has 104 valence electrons. The number of aromatic nitrogens is 1. The summed E-state index contributed by atoms with van der Waals surface area (Å²) in [5, 5.41) is 6.24. The van der Waals surface area contributed by atoms with E-state index in [0.717, 1.165) is 10.9 Å². The number of hydrogen-bond donors (Lipinski definition) is 3. The summed E-state index contributed by atoms with van der Waals surface area (Å²) in [5.74, 6) is -0.319. The van der Waals surface area contributed by atoms with Crippen LogP contribution in [0.15, 0.2) is 36.5 Å². The van der Waals surface area contributed by atoms with Crippen LogP contribution in [0, 0.1) is 0 Å². The van der Waals surface area contributed by atoms with Crippen LogP contribution in [0.1, 0.15) is 6.92 Å². The molecule has 1 heterocycles. The molecule has 0 bridgehead atoms. The molecule has 20 heavy (non-hydrogen) atoms. The van der Waals surface area contributed by atoms with E-state index < -0.39 is 6.04 Å². The van der Waals surface area contributed by atoms with Crippen molar-refractivity contribution in [1.29, 1.82) is 0 Å². The molecular formula is C14H15N3O2S. The van der Waals surface area contributed by atoms with Gasteiger partial charge in [-0.15, -0.1) is 0 Å². The lowest BCUT2D eigenvalue weighted by Crippen LogP contribution is -2.44. The maximum atomic E-state index is 12.0. The van der Waals surface area contributed by atoms with Crippen molar-refractivity contribution in [2.75, 3.05) is 11.1 Å². The van der Waals surface area contributed by atoms with E-state index in [4.69, 9.17) is 0 Å². The highest BCUT2D eigenvalue weighted by molar-refractivity contribution is 7.80. The van der Waals surface area contributed by atoms with Crippen LogP contribution >= 0.6 is 12.6 Å². The van der Waals surface area contributed by atoms with Gasteiger partial charge in [0.2, 0.25) is 11.8 Å². The lowest BCUT2D eigenvalue weighted by molar-refractivity contribution is -0.124. The minimum atomic E-state index is -0.652. The van der Waals surface area contributed by atoms with Crippen LogP contribution in [0.2, 0.25) is 0 Å². The first-order valence-corrected chi connectivity index (χ1v) is 6.77. The third kappa shape index (κ3) is 3.48. The van der Waals surface area contributed by atoms with Gasteiger partial charge in [-0.25, -0.2) is 0 Å². The number of pyridine rings is 1. The fourth-order valence-corrected chi connectivity index (χ4v) is 2.08. The van der Waals surface area contributed by atoms with Gasteiger partial charge in [-0.05, 0) is 24.3 Å². The van der Waals surface area contributed by atoms with Crippen molar-refractivity contribution in [1.82, 2.24) is 10.3 Å². The summed E-state index contributed by atoms with van der Waals surface area (Å²) in [4.78, 5) is 27.2. The van der Waals surface area contributed by atoms with E-state index in [9.17, 15) is 9.59 Å². The largest absolute Gasteiger partial charge is 0.344 e. The monoisotopic (exact) mass is 289 g/mol. The molecule has 2 rings (SSSR count). The first-order valence-electron chi connectivity index (χ1n) is 6.14. The van der Waals surface area contributed by atoms with Gasteiger partial charge in [0, 0.05) is 29.9 Å². The second-order valence-electron chi connectivity index (χ2n) is 4.34. The Morgan fingerprint density at radius 2 is 2.15 bits per heavy atom. The molecule has 1 unspecified atom stereocenters. The van der Waals surface area contributed by atoms with Gasteiger partial charge in [0.1, 0.15) is 6.04 Å². The van der Waals surface area contributed by atoms with Crippen LogP contribution in [0.5, 0.6) is 0 Å². The highest BCUT2D eigenvalue weighted by Crippen LogP contribution is 2.17. The molecule has 0 saturated carbocycles. The van der Waals surface area contributed by atoms with E-state index in [1.54, 1.807) is 12.3 Å². The third-order valence-corrected chi connectivity index (χ3v) is 3.11. The van der Waals surface area contributed by atoms with E-state index in [0.29, 0.717) is 5.69 Å². The van der Waals surface area contributed by atoms with E-state index in [-0.39, 0.29) is 17.6 Å². The standard InChI is InChI=1S/C14H15N3O2S/c1-9(18)16-13(8-20)14(19)17-11-4-5-12-10(7-11)3-2-6-15-12/h2-7,13,20H,8H2,1H3,(H,16,18)(H,17,19). The molecule has 0 fully saturated rings. The van der Waals surface area contributed by atoms with Crippen LogP contribution < -0.4 is 10.6 Å². The Balaban J connectivity index is 2.14. The van der Waals surface area contributed by atoms with Gasteiger partial charge in [-0.1, -0.05) is 6.07 Å². The van der Waals surface area contributed by atoms with Crippen LogP contribution in [-0.2, 0) is 9.59 Å². The van der Waals surface area contributed by atoms with Gasteiger partial charge in [-0.2, -0.15) is 12.6 Å². The van der Waals surface area contributed by atoms with Crippen molar-refractivity contribution in [2.45, 2.75) is 13.0 Å². The molecule has 0 spiro atoms. The number of carbonyl (C=O) groups is 2. The number of fused-ring (bicyclic) bond motifs is 1. The summed E-state index contributed by atoms with van der Waals surface area (Å²) in [5.41, 5.74) is 1.52. The molecule has 2 N–H and O–H groups in total. The molecule has 2 amide bonds. The van der Waals surface area contributed by atoms with Gasteiger partial charge in [0.15, 0.2) is 0 Å². The molecule has 6 heteroatoms. The maximum absolute atomic E-state index is 12.0. The zero-order chi connectivity index (χ0) is 14.5. The molecule has 0 aliphatic rings. The topological polar surface area (TPSA) is 71.1 Å². The number of nitrogens with one attached hydrogen (secondary N) is 2.